The second-order valence-corrected chi connectivity index (χ2v) is 7.08. The number of likely N-dealkylation sites (tertiary alicyclic amines) is 1. The Hall–Kier alpha value is -1.29. The van der Waals surface area contributed by atoms with Gasteiger partial charge >= 0.3 is 0 Å². The fourth-order valence-corrected chi connectivity index (χ4v) is 4.16. The molecule has 4 heteroatoms. The fraction of sp³-hybridized carbons (Fsp3) is 0.706. The number of carbonyl (C=O) groups is 1. The molecule has 0 radical (unpaired) electrons. The number of piperidine rings is 1. The Balaban J connectivity index is 1.51. The zero-order valence-corrected chi connectivity index (χ0v) is 12.5. The van der Waals surface area contributed by atoms with Crippen LogP contribution in [0.25, 0.3) is 0 Å². The molecule has 1 aromatic heterocycles. The third kappa shape index (κ3) is 2.30. The van der Waals surface area contributed by atoms with E-state index in [-0.39, 0.29) is 11.8 Å². The average molecular weight is 288 g/mol. The number of rotatable bonds is 2. The lowest BCUT2D eigenvalue weighted by atomic mass is 9.71. The summed E-state index contributed by atoms with van der Waals surface area (Å²) < 4.78 is 2.14. The van der Waals surface area contributed by atoms with Gasteiger partial charge in [0.1, 0.15) is 5.69 Å². The Kier molecular flexibility index (Phi) is 3.10. The van der Waals surface area contributed by atoms with Gasteiger partial charge in [-0.3, -0.25) is 4.79 Å². The smallest absolute Gasteiger partial charge is 0.270 e. The average Bonchev–Trinajstić information content (AvgIpc) is 3.22. The minimum Gasteiger partial charge on any atom is -0.389 e. The molecule has 2 heterocycles. The predicted octanol–water partition coefficient (Wildman–Crippen LogP) is 2.59. The first-order chi connectivity index (χ1) is 10.2. The van der Waals surface area contributed by atoms with Crippen LogP contribution in [0.2, 0.25) is 0 Å². The third-order valence-electron chi connectivity index (χ3n) is 5.65. The number of amides is 1. The van der Waals surface area contributed by atoms with E-state index in [2.05, 4.69) is 4.57 Å². The van der Waals surface area contributed by atoms with E-state index in [9.17, 15) is 9.90 Å². The molecule has 1 saturated heterocycles. The molecular formula is C17H24N2O2. The summed E-state index contributed by atoms with van der Waals surface area (Å²) in [5, 5.41) is 10.7. The van der Waals surface area contributed by atoms with Crippen molar-refractivity contribution in [3.05, 3.63) is 24.0 Å². The van der Waals surface area contributed by atoms with Crippen molar-refractivity contribution in [3.8, 4) is 0 Å². The van der Waals surface area contributed by atoms with E-state index in [0.29, 0.717) is 12.6 Å². The van der Waals surface area contributed by atoms with Gasteiger partial charge in [-0.1, -0.05) is 12.8 Å². The van der Waals surface area contributed by atoms with E-state index < -0.39 is 5.60 Å². The highest BCUT2D eigenvalue weighted by Crippen LogP contribution is 2.40. The summed E-state index contributed by atoms with van der Waals surface area (Å²) in [6.07, 6.45) is 9.45. The number of hydrogen-bond donors (Lipinski definition) is 1. The molecule has 3 aliphatic rings. The summed E-state index contributed by atoms with van der Waals surface area (Å²) in [7, 11) is 0. The highest BCUT2D eigenvalue weighted by molar-refractivity contribution is 5.93. The van der Waals surface area contributed by atoms with E-state index in [1.165, 1.54) is 19.3 Å². The zero-order chi connectivity index (χ0) is 14.4. The van der Waals surface area contributed by atoms with Gasteiger partial charge in [0.25, 0.3) is 5.91 Å². The van der Waals surface area contributed by atoms with E-state index >= 15 is 0 Å². The summed E-state index contributed by atoms with van der Waals surface area (Å²) in [5.74, 6) is 0.424. The second kappa shape index (κ2) is 4.87. The molecule has 0 spiro atoms. The molecule has 2 unspecified atom stereocenters. The van der Waals surface area contributed by atoms with Crippen molar-refractivity contribution in [2.24, 2.45) is 5.92 Å². The standard InChI is InChI=1S/C17H24N2O2/c20-16(15-5-3-10-19(15)14-6-7-14)18-11-9-17(21)8-2-1-4-13(17)12-18/h3,5,10,13-14,21H,1-2,4,6-9,11-12H2. The molecule has 2 aliphatic carbocycles. The van der Waals surface area contributed by atoms with Gasteiger partial charge in [0.15, 0.2) is 0 Å². The molecule has 1 N–H and O–H groups in total. The molecule has 114 valence electrons. The monoisotopic (exact) mass is 288 g/mol. The Bertz CT molecular complexity index is 549. The van der Waals surface area contributed by atoms with Crippen LogP contribution < -0.4 is 0 Å². The van der Waals surface area contributed by atoms with E-state index in [0.717, 1.165) is 37.9 Å². The number of aromatic nitrogens is 1. The summed E-state index contributed by atoms with van der Waals surface area (Å²) >= 11 is 0. The number of carbonyl (C=O) groups excluding carboxylic acids is 1. The molecular weight excluding hydrogens is 264 g/mol. The summed E-state index contributed by atoms with van der Waals surface area (Å²) in [6, 6.07) is 4.46. The maximum Gasteiger partial charge on any atom is 0.270 e. The first kappa shape index (κ1) is 13.4. The van der Waals surface area contributed by atoms with Gasteiger partial charge in [-0.05, 0) is 44.2 Å². The summed E-state index contributed by atoms with van der Waals surface area (Å²) in [5.41, 5.74) is 0.326. The summed E-state index contributed by atoms with van der Waals surface area (Å²) in [6.45, 7) is 1.42. The Labute approximate surface area is 125 Å². The molecule has 2 saturated carbocycles. The van der Waals surface area contributed by atoms with Crippen molar-refractivity contribution in [1.29, 1.82) is 0 Å². The highest BCUT2D eigenvalue weighted by Gasteiger charge is 2.44. The van der Waals surface area contributed by atoms with Gasteiger partial charge in [-0.25, -0.2) is 0 Å². The largest absolute Gasteiger partial charge is 0.389 e. The van der Waals surface area contributed by atoms with Crippen molar-refractivity contribution < 1.29 is 9.90 Å². The lowest BCUT2D eigenvalue weighted by molar-refractivity contribution is -0.0887. The predicted molar refractivity (Wildman–Crippen MR) is 80.1 cm³/mol. The van der Waals surface area contributed by atoms with Crippen LogP contribution in [0.4, 0.5) is 0 Å². The zero-order valence-electron chi connectivity index (χ0n) is 12.5. The Morgan fingerprint density at radius 1 is 1.24 bits per heavy atom. The number of hydrogen-bond acceptors (Lipinski definition) is 2. The van der Waals surface area contributed by atoms with Crippen molar-refractivity contribution >= 4 is 5.91 Å². The molecule has 21 heavy (non-hydrogen) atoms. The minimum absolute atomic E-state index is 0.152. The maximum absolute atomic E-state index is 12.8. The van der Waals surface area contributed by atoms with Crippen molar-refractivity contribution in [2.45, 2.75) is 56.6 Å². The van der Waals surface area contributed by atoms with E-state index in [1.807, 2.05) is 23.2 Å². The molecule has 1 aromatic rings. The first-order valence-corrected chi connectivity index (χ1v) is 8.36. The quantitative estimate of drug-likeness (QED) is 0.909. The first-order valence-electron chi connectivity index (χ1n) is 8.36. The van der Waals surface area contributed by atoms with Crippen LogP contribution in [0, 0.1) is 5.92 Å². The second-order valence-electron chi connectivity index (χ2n) is 7.08. The van der Waals surface area contributed by atoms with Gasteiger partial charge in [-0.2, -0.15) is 0 Å². The molecule has 4 nitrogen and oxygen atoms in total. The highest BCUT2D eigenvalue weighted by atomic mass is 16.3. The van der Waals surface area contributed by atoms with Crippen LogP contribution in [0.3, 0.4) is 0 Å². The maximum atomic E-state index is 12.8. The van der Waals surface area contributed by atoms with Crippen LogP contribution >= 0.6 is 0 Å². The van der Waals surface area contributed by atoms with Crippen molar-refractivity contribution in [3.63, 3.8) is 0 Å². The molecule has 2 atom stereocenters. The fourth-order valence-electron chi connectivity index (χ4n) is 4.16. The summed E-state index contributed by atoms with van der Waals surface area (Å²) in [4.78, 5) is 14.8. The third-order valence-corrected chi connectivity index (χ3v) is 5.65. The van der Waals surface area contributed by atoms with Crippen LogP contribution in [0.1, 0.15) is 61.5 Å². The topological polar surface area (TPSA) is 45.5 Å². The molecule has 1 amide bonds. The Morgan fingerprint density at radius 3 is 2.90 bits per heavy atom. The van der Waals surface area contributed by atoms with Gasteiger partial charge in [0.2, 0.25) is 0 Å². The van der Waals surface area contributed by atoms with Crippen LogP contribution in [-0.2, 0) is 0 Å². The van der Waals surface area contributed by atoms with E-state index in [4.69, 9.17) is 0 Å². The van der Waals surface area contributed by atoms with Gasteiger partial charge < -0.3 is 14.6 Å². The molecule has 0 bridgehead atoms. The van der Waals surface area contributed by atoms with Gasteiger partial charge in [-0.15, -0.1) is 0 Å². The minimum atomic E-state index is -0.506. The van der Waals surface area contributed by atoms with Crippen molar-refractivity contribution in [2.75, 3.05) is 13.1 Å². The lowest BCUT2D eigenvalue weighted by Gasteiger charge is -2.47. The Morgan fingerprint density at radius 2 is 2.10 bits per heavy atom. The van der Waals surface area contributed by atoms with Crippen LogP contribution in [0.5, 0.6) is 0 Å². The SMILES string of the molecule is O=C(c1cccn1C1CC1)N1CCC2(O)CCCCC2C1. The van der Waals surface area contributed by atoms with Crippen molar-refractivity contribution in [1.82, 2.24) is 9.47 Å². The number of fused-ring (bicyclic) bond motifs is 1. The number of nitrogens with zero attached hydrogens (tertiary/aromatic N) is 2. The molecule has 0 aromatic carbocycles. The van der Waals surface area contributed by atoms with Crippen LogP contribution in [0.15, 0.2) is 18.3 Å². The van der Waals surface area contributed by atoms with Gasteiger partial charge in [0, 0.05) is 31.2 Å². The van der Waals surface area contributed by atoms with Gasteiger partial charge in [0.05, 0.1) is 5.60 Å². The van der Waals surface area contributed by atoms with Crippen LogP contribution in [-0.4, -0.2) is 39.2 Å². The van der Waals surface area contributed by atoms with E-state index in [1.54, 1.807) is 0 Å². The molecule has 4 rings (SSSR count). The number of aliphatic hydroxyl groups is 1. The lowest BCUT2D eigenvalue weighted by Crippen LogP contribution is -2.54. The molecule has 3 fully saturated rings. The normalized spacial score (nSPS) is 32.8. The molecule has 1 aliphatic heterocycles.